The van der Waals surface area contributed by atoms with Crippen LogP contribution in [0.25, 0.3) is 5.70 Å². The van der Waals surface area contributed by atoms with Gasteiger partial charge in [-0.2, -0.15) is 5.26 Å². The zero-order valence-corrected chi connectivity index (χ0v) is 14.8. The molecule has 1 aliphatic rings. The molecule has 3 N–H and O–H groups in total. The molecule has 2 aromatic rings. The van der Waals surface area contributed by atoms with Crippen LogP contribution in [0.1, 0.15) is 56.3 Å². The van der Waals surface area contributed by atoms with Gasteiger partial charge in [-0.25, -0.2) is 9.37 Å². The van der Waals surface area contributed by atoms with Crippen molar-refractivity contribution in [3.05, 3.63) is 64.6 Å². The minimum absolute atomic E-state index is 0.0103. The van der Waals surface area contributed by atoms with Crippen molar-refractivity contribution in [1.29, 1.82) is 5.26 Å². The molecular formula is C20H23FN4. The van der Waals surface area contributed by atoms with Gasteiger partial charge in [0, 0.05) is 23.5 Å². The van der Waals surface area contributed by atoms with Crippen LogP contribution in [0.5, 0.6) is 0 Å². The van der Waals surface area contributed by atoms with E-state index in [0.29, 0.717) is 11.4 Å². The molecule has 130 valence electrons. The van der Waals surface area contributed by atoms with Crippen LogP contribution in [0, 0.1) is 17.1 Å². The lowest BCUT2D eigenvalue weighted by atomic mass is 10.1. The highest BCUT2D eigenvalue weighted by Crippen LogP contribution is 2.37. The number of hydrogen-bond acceptors (Lipinski definition) is 4. The Morgan fingerprint density at radius 1 is 1.28 bits per heavy atom. The van der Waals surface area contributed by atoms with Crippen molar-refractivity contribution in [2.75, 3.05) is 5.73 Å². The largest absolute Gasteiger partial charge is 0.383 e. The van der Waals surface area contributed by atoms with Crippen molar-refractivity contribution in [1.82, 2.24) is 10.3 Å². The summed E-state index contributed by atoms with van der Waals surface area (Å²) in [5, 5.41) is 12.5. The van der Waals surface area contributed by atoms with Crippen LogP contribution in [-0.4, -0.2) is 4.98 Å². The first-order valence-electron chi connectivity index (χ1n) is 8.48. The van der Waals surface area contributed by atoms with E-state index in [1.807, 2.05) is 20.8 Å². The summed E-state index contributed by atoms with van der Waals surface area (Å²) < 4.78 is 13.1. The third-order valence-electron chi connectivity index (χ3n) is 3.90. The highest BCUT2D eigenvalue weighted by Gasteiger charge is 2.23. The van der Waals surface area contributed by atoms with Gasteiger partial charge in [0.2, 0.25) is 0 Å². The van der Waals surface area contributed by atoms with Gasteiger partial charge < -0.3 is 11.1 Å². The number of anilines is 1. The standard InChI is InChI=1S/C18H17FN4.C2H6/c1-11(13-4-6-15(19)7-5-13)23-17(14-2-3-14)16-8-12(9-20)10-22-18(16)21;1-2/h4-8,10-11,23H,2-3H2,1H3,(H2,21,22);1-2H3. The number of nitriles is 1. The average Bonchev–Trinajstić information content (AvgIpc) is 3.47. The number of nitrogens with two attached hydrogens (primary N) is 1. The number of benzene rings is 1. The molecule has 1 aromatic heterocycles. The Labute approximate surface area is 148 Å². The molecule has 25 heavy (non-hydrogen) atoms. The predicted molar refractivity (Wildman–Crippen MR) is 98.8 cm³/mol. The third-order valence-corrected chi connectivity index (χ3v) is 3.90. The quantitative estimate of drug-likeness (QED) is 0.857. The number of hydrogen-bond donors (Lipinski definition) is 2. The molecule has 5 heteroatoms. The Kier molecular flexibility index (Phi) is 6.13. The fraction of sp³-hybridized carbons (Fsp3) is 0.300. The van der Waals surface area contributed by atoms with Crippen molar-refractivity contribution in [3.63, 3.8) is 0 Å². The minimum atomic E-state index is -0.253. The van der Waals surface area contributed by atoms with Gasteiger partial charge >= 0.3 is 0 Å². The van der Waals surface area contributed by atoms with E-state index in [9.17, 15) is 4.39 Å². The molecule has 0 radical (unpaired) electrons. The van der Waals surface area contributed by atoms with Crippen molar-refractivity contribution in [2.24, 2.45) is 0 Å². The zero-order valence-electron chi connectivity index (χ0n) is 14.8. The first-order valence-corrected chi connectivity index (χ1v) is 8.48. The Morgan fingerprint density at radius 3 is 2.48 bits per heavy atom. The summed E-state index contributed by atoms with van der Waals surface area (Å²) in [5.74, 6) is 0.147. The molecule has 0 amide bonds. The molecule has 1 fully saturated rings. The number of pyridine rings is 1. The van der Waals surface area contributed by atoms with Gasteiger partial charge in [0.05, 0.1) is 5.56 Å². The van der Waals surface area contributed by atoms with Crippen LogP contribution in [-0.2, 0) is 0 Å². The molecule has 1 heterocycles. The molecular weight excluding hydrogens is 315 g/mol. The van der Waals surface area contributed by atoms with Crippen LogP contribution in [0.4, 0.5) is 10.2 Å². The van der Waals surface area contributed by atoms with Gasteiger partial charge in [-0.1, -0.05) is 26.0 Å². The Hall–Kier alpha value is -2.87. The summed E-state index contributed by atoms with van der Waals surface area (Å²) in [6.07, 6.45) is 3.49. The van der Waals surface area contributed by atoms with E-state index in [2.05, 4.69) is 16.4 Å². The molecule has 1 aliphatic carbocycles. The molecule has 1 saturated carbocycles. The van der Waals surface area contributed by atoms with Crippen LogP contribution in [0.15, 0.2) is 42.1 Å². The van der Waals surface area contributed by atoms with Crippen molar-refractivity contribution >= 4 is 11.5 Å². The lowest BCUT2D eigenvalue weighted by molar-refractivity contribution is 0.623. The SMILES string of the molecule is CC.CC(NC(=C1CC1)c1cc(C#N)cnc1N)c1ccc(F)cc1. The Bertz CT molecular complexity index is 797. The van der Waals surface area contributed by atoms with Crippen molar-refractivity contribution in [3.8, 4) is 6.07 Å². The zero-order chi connectivity index (χ0) is 18.4. The second kappa shape index (κ2) is 8.29. The molecule has 0 bridgehead atoms. The number of rotatable bonds is 4. The number of aromatic nitrogens is 1. The first kappa shape index (κ1) is 18.5. The lowest BCUT2D eigenvalue weighted by Crippen LogP contribution is -2.18. The van der Waals surface area contributed by atoms with Gasteiger partial charge in [-0.15, -0.1) is 0 Å². The van der Waals surface area contributed by atoms with E-state index in [1.165, 1.54) is 23.9 Å². The molecule has 1 unspecified atom stereocenters. The second-order valence-electron chi connectivity index (χ2n) is 5.66. The van der Waals surface area contributed by atoms with Gasteiger partial charge in [0.25, 0.3) is 0 Å². The maximum Gasteiger partial charge on any atom is 0.132 e. The van der Waals surface area contributed by atoms with E-state index in [0.717, 1.165) is 29.7 Å². The molecule has 0 saturated heterocycles. The fourth-order valence-electron chi connectivity index (χ4n) is 2.47. The smallest absolute Gasteiger partial charge is 0.132 e. The number of nitrogens with one attached hydrogen (secondary N) is 1. The summed E-state index contributed by atoms with van der Waals surface area (Å²) in [6.45, 7) is 6.01. The van der Waals surface area contributed by atoms with Gasteiger partial charge in [0.1, 0.15) is 17.7 Å². The van der Waals surface area contributed by atoms with Crippen LogP contribution >= 0.6 is 0 Å². The van der Waals surface area contributed by atoms with Crippen LogP contribution < -0.4 is 11.1 Å². The lowest BCUT2D eigenvalue weighted by Gasteiger charge is -2.20. The van der Waals surface area contributed by atoms with Crippen LogP contribution in [0.3, 0.4) is 0 Å². The Morgan fingerprint density at radius 2 is 1.92 bits per heavy atom. The average molecular weight is 338 g/mol. The van der Waals surface area contributed by atoms with E-state index in [-0.39, 0.29) is 11.9 Å². The topological polar surface area (TPSA) is 74.7 Å². The predicted octanol–water partition coefficient (Wildman–Crippen LogP) is 4.56. The molecule has 4 nitrogen and oxygen atoms in total. The van der Waals surface area contributed by atoms with Gasteiger partial charge in [0.15, 0.2) is 0 Å². The van der Waals surface area contributed by atoms with E-state index in [4.69, 9.17) is 11.0 Å². The van der Waals surface area contributed by atoms with Crippen molar-refractivity contribution in [2.45, 2.75) is 39.7 Å². The second-order valence-corrected chi connectivity index (χ2v) is 5.66. The fourth-order valence-corrected chi connectivity index (χ4v) is 2.47. The molecule has 0 aliphatic heterocycles. The molecule has 3 rings (SSSR count). The monoisotopic (exact) mass is 338 g/mol. The van der Waals surface area contributed by atoms with E-state index in [1.54, 1.807) is 18.2 Å². The first-order chi connectivity index (χ1) is 12.1. The summed E-state index contributed by atoms with van der Waals surface area (Å²) in [7, 11) is 0. The van der Waals surface area contributed by atoms with Gasteiger partial charge in [-0.05, 0) is 49.1 Å². The maximum atomic E-state index is 13.1. The van der Waals surface area contributed by atoms with E-state index < -0.39 is 0 Å². The highest BCUT2D eigenvalue weighted by atomic mass is 19.1. The highest BCUT2D eigenvalue weighted by molar-refractivity contribution is 5.77. The van der Waals surface area contributed by atoms with Crippen molar-refractivity contribution < 1.29 is 4.39 Å². The Balaban J connectivity index is 0.00000109. The summed E-state index contributed by atoms with van der Waals surface area (Å²) in [4.78, 5) is 4.10. The maximum absolute atomic E-state index is 13.1. The summed E-state index contributed by atoms with van der Waals surface area (Å²) >= 11 is 0. The summed E-state index contributed by atoms with van der Waals surface area (Å²) in [6, 6.07) is 10.3. The number of halogens is 1. The molecule has 1 aromatic carbocycles. The molecule has 1 atom stereocenters. The summed E-state index contributed by atoms with van der Waals surface area (Å²) in [5.41, 5.74) is 10.4. The third kappa shape index (κ3) is 4.57. The van der Waals surface area contributed by atoms with Crippen LogP contribution in [0.2, 0.25) is 0 Å². The normalized spacial score (nSPS) is 13.2. The van der Waals surface area contributed by atoms with Gasteiger partial charge in [-0.3, -0.25) is 0 Å². The van der Waals surface area contributed by atoms with E-state index >= 15 is 0 Å². The molecule has 0 spiro atoms. The minimum Gasteiger partial charge on any atom is -0.383 e. The number of allylic oxidation sites excluding steroid dienone is 1. The number of nitrogens with zero attached hydrogens (tertiary/aromatic N) is 2. The number of nitrogen functional groups attached to an aromatic ring is 1.